The van der Waals surface area contributed by atoms with E-state index in [4.69, 9.17) is 11.6 Å². The SMILES string of the molecule is CC(C)(C)c1cc2ccc(Cl)c(F)c2cn1. The van der Waals surface area contributed by atoms with Crippen LogP contribution in [0.15, 0.2) is 24.4 Å². The molecule has 0 atom stereocenters. The second-order valence-corrected chi connectivity index (χ2v) is 5.31. The quantitative estimate of drug-likeness (QED) is 0.665. The molecule has 0 fully saturated rings. The lowest BCUT2D eigenvalue weighted by Gasteiger charge is -2.18. The van der Waals surface area contributed by atoms with Crippen LogP contribution in [0.1, 0.15) is 26.5 Å². The van der Waals surface area contributed by atoms with E-state index in [-0.39, 0.29) is 10.4 Å². The first-order chi connectivity index (χ1) is 7.39. The van der Waals surface area contributed by atoms with Crippen molar-refractivity contribution in [3.63, 3.8) is 0 Å². The van der Waals surface area contributed by atoms with Gasteiger partial charge in [0.1, 0.15) is 0 Å². The summed E-state index contributed by atoms with van der Waals surface area (Å²) in [5, 5.41) is 1.44. The highest BCUT2D eigenvalue weighted by Gasteiger charge is 2.16. The molecule has 0 radical (unpaired) electrons. The van der Waals surface area contributed by atoms with Gasteiger partial charge in [0.25, 0.3) is 0 Å². The highest BCUT2D eigenvalue weighted by molar-refractivity contribution is 6.31. The number of rotatable bonds is 0. The molecule has 3 heteroatoms. The molecule has 0 saturated heterocycles. The molecule has 0 N–H and O–H groups in total. The molecular formula is C13H13ClFN. The Kier molecular flexibility index (Phi) is 2.62. The van der Waals surface area contributed by atoms with Gasteiger partial charge in [-0.1, -0.05) is 38.4 Å². The number of hydrogen-bond donors (Lipinski definition) is 0. The molecule has 84 valence electrons. The van der Waals surface area contributed by atoms with Crippen LogP contribution in [0.4, 0.5) is 4.39 Å². The summed E-state index contributed by atoms with van der Waals surface area (Å²) >= 11 is 5.71. The zero-order valence-electron chi connectivity index (χ0n) is 9.51. The lowest BCUT2D eigenvalue weighted by Crippen LogP contribution is -2.13. The number of nitrogens with zero attached hydrogens (tertiary/aromatic N) is 1. The molecule has 0 unspecified atom stereocenters. The minimum atomic E-state index is -0.396. The van der Waals surface area contributed by atoms with Gasteiger partial charge in [-0.2, -0.15) is 0 Å². The summed E-state index contributed by atoms with van der Waals surface area (Å²) in [5.41, 5.74) is 0.909. The fourth-order valence-electron chi connectivity index (χ4n) is 1.57. The van der Waals surface area contributed by atoms with E-state index in [0.29, 0.717) is 5.39 Å². The topological polar surface area (TPSA) is 12.9 Å². The Balaban J connectivity index is 2.70. The third-order valence-electron chi connectivity index (χ3n) is 2.56. The van der Waals surface area contributed by atoms with Crippen LogP contribution in [0.5, 0.6) is 0 Å². The smallest absolute Gasteiger partial charge is 0.151 e. The Morgan fingerprint density at radius 2 is 1.94 bits per heavy atom. The standard InChI is InChI=1S/C13H13ClFN/c1-13(2,3)11-6-8-4-5-10(14)12(15)9(8)7-16-11/h4-7H,1-3H3. The van der Waals surface area contributed by atoms with Gasteiger partial charge in [0.15, 0.2) is 5.82 Å². The van der Waals surface area contributed by atoms with Gasteiger partial charge in [-0.25, -0.2) is 4.39 Å². The van der Waals surface area contributed by atoms with Crippen LogP contribution in [-0.4, -0.2) is 4.98 Å². The molecule has 0 aliphatic carbocycles. The number of hydrogen-bond acceptors (Lipinski definition) is 1. The molecule has 2 rings (SSSR count). The zero-order chi connectivity index (χ0) is 11.9. The van der Waals surface area contributed by atoms with Crippen LogP contribution in [-0.2, 0) is 5.41 Å². The monoisotopic (exact) mass is 237 g/mol. The van der Waals surface area contributed by atoms with E-state index >= 15 is 0 Å². The first-order valence-corrected chi connectivity index (χ1v) is 5.51. The highest BCUT2D eigenvalue weighted by Crippen LogP contribution is 2.27. The zero-order valence-corrected chi connectivity index (χ0v) is 10.3. The van der Waals surface area contributed by atoms with Gasteiger partial charge >= 0.3 is 0 Å². The first-order valence-electron chi connectivity index (χ1n) is 5.14. The number of aromatic nitrogens is 1. The molecule has 1 aromatic heterocycles. The fourth-order valence-corrected chi connectivity index (χ4v) is 1.73. The predicted molar refractivity (Wildman–Crippen MR) is 65.4 cm³/mol. The van der Waals surface area contributed by atoms with Crippen LogP contribution in [0.3, 0.4) is 0 Å². The van der Waals surface area contributed by atoms with E-state index in [1.54, 1.807) is 12.3 Å². The van der Waals surface area contributed by atoms with Crippen molar-refractivity contribution < 1.29 is 4.39 Å². The Bertz CT molecular complexity index is 543. The number of pyridine rings is 1. The molecule has 0 amide bonds. The van der Waals surface area contributed by atoms with Crippen LogP contribution >= 0.6 is 11.6 Å². The molecule has 0 bridgehead atoms. The fraction of sp³-hybridized carbons (Fsp3) is 0.308. The second-order valence-electron chi connectivity index (χ2n) is 4.90. The van der Waals surface area contributed by atoms with Gasteiger partial charge in [0, 0.05) is 22.7 Å². The highest BCUT2D eigenvalue weighted by atomic mass is 35.5. The minimum absolute atomic E-state index is 0.0374. The Hall–Kier alpha value is -1.15. The van der Waals surface area contributed by atoms with E-state index < -0.39 is 5.82 Å². The summed E-state index contributed by atoms with van der Waals surface area (Å²) in [6, 6.07) is 5.30. The summed E-state index contributed by atoms with van der Waals surface area (Å²) < 4.78 is 13.7. The van der Waals surface area contributed by atoms with Crippen molar-refractivity contribution >= 4 is 22.4 Å². The Labute approximate surface area is 99.3 Å². The molecule has 2 aromatic rings. The van der Waals surface area contributed by atoms with Crippen LogP contribution in [0.2, 0.25) is 5.02 Å². The predicted octanol–water partition coefficient (Wildman–Crippen LogP) is 4.32. The molecule has 0 aliphatic heterocycles. The maximum absolute atomic E-state index is 13.7. The minimum Gasteiger partial charge on any atom is -0.260 e. The molecule has 16 heavy (non-hydrogen) atoms. The van der Waals surface area contributed by atoms with Gasteiger partial charge in [0.2, 0.25) is 0 Å². The summed E-state index contributed by atoms with van der Waals surface area (Å²) in [7, 11) is 0. The van der Waals surface area contributed by atoms with Crippen molar-refractivity contribution in [2.75, 3.05) is 0 Å². The average molecular weight is 238 g/mol. The molecule has 1 heterocycles. The largest absolute Gasteiger partial charge is 0.260 e. The maximum atomic E-state index is 13.7. The van der Waals surface area contributed by atoms with E-state index in [1.807, 2.05) is 12.1 Å². The first kappa shape index (κ1) is 11.3. The van der Waals surface area contributed by atoms with Crippen LogP contribution in [0.25, 0.3) is 10.8 Å². The third kappa shape index (κ3) is 1.90. The second kappa shape index (κ2) is 3.70. The Morgan fingerprint density at radius 1 is 1.25 bits per heavy atom. The summed E-state index contributed by atoms with van der Waals surface area (Å²) in [5.74, 6) is -0.396. The van der Waals surface area contributed by atoms with Crippen LogP contribution in [0, 0.1) is 5.82 Å². The normalized spacial score (nSPS) is 12.1. The lowest BCUT2D eigenvalue weighted by atomic mass is 9.91. The van der Waals surface area contributed by atoms with Gasteiger partial charge in [-0.05, 0) is 17.5 Å². The maximum Gasteiger partial charge on any atom is 0.151 e. The molecule has 0 saturated carbocycles. The van der Waals surface area contributed by atoms with Crippen molar-refractivity contribution in [1.82, 2.24) is 4.98 Å². The summed E-state index contributed by atoms with van der Waals surface area (Å²) in [4.78, 5) is 4.28. The van der Waals surface area contributed by atoms with Crippen molar-refractivity contribution in [3.05, 3.63) is 40.9 Å². The van der Waals surface area contributed by atoms with E-state index in [2.05, 4.69) is 25.8 Å². The van der Waals surface area contributed by atoms with Crippen LogP contribution < -0.4 is 0 Å². The van der Waals surface area contributed by atoms with E-state index in [0.717, 1.165) is 11.1 Å². The molecule has 1 nitrogen and oxygen atoms in total. The molecular weight excluding hydrogens is 225 g/mol. The lowest BCUT2D eigenvalue weighted by molar-refractivity contribution is 0.569. The Morgan fingerprint density at radius 3 is 2.56 bits per heavy atom. The van der Waals surface area contributed by atoms with E-state index in [1.165, 1.54) is 0 Å². The van der Waals surface area contributed by atoms with Crippen molar-refractivity contribution in [2.24, 2.45) is 0 Å². The molecule has 0 aliphatic rings. The van der Waals surface area contributed by atoms with Crippen molar-refractivity contribution in [1.29, 1.82) is 0 Å². The third-order valence-corrected chi connectivity index (χ3v) is 2.85. The summed E-state index contributed by atoms with van der Waals surface area (Å²) in [6.07, 6.45) is 1.55. The van der Waals surface area contributed by atoms with Crippen molar-refractivity contribution in [3.8, 4) is 0 Å². The molecule has 1 aromatic carbocycles. The molecule has 0 spiro atoms. The van der Waals surface area contributed by atoms with E-state index in [9.17, 15) is 4.39 Å². The number of halogens is 2. The van der Waals surface area contributed by atoms with Gasteiger partial charge in [-0.3, -0.25) is 4.98 Å². The number of fused-ring (bicyclic) bond motifs is 1. The number of benzene rings is 1. The van der Waals surface area contributed by atoms with Gasteiger partial charge in [-0.15, -0.1) is 0 Å². The van der Waals surface area contributed by atoms with Gasteiger partial charge in [0.05, 0.1) is 5.02 Å². The van der Waals surface area contributed by atoms with Gasteiger partial charge < -0.3 is 0 Å². The van der Waals surface area contributed by atoms with Crippen molar-refractivity contribution in [2.45, 2.75) is 26.2 Å². The summed E-state index contributed by atoms with van der Waals surface area (Å²) in [6.45, 7) is 6.23. The average Bonchev–Trinajstić information content (AvgIpc) is 2.22.